The van der Waals surface area contributed by atoms with E-state index < -0.39 is 12.0 Å². The molecule has 1 aliphatic rings. The summed E-state index contributed by atoms with van der Waals surface area (Å²) in [7, 11) is 0. The molecule has 0 bridgehead atoms. The molecule has 0 aromatic carbocycles. The van der Waals surface area contributed by atoms with Gasteiger partial charge in [0.2, 0.25) is 0 Å². The highest BCUT2D eigenvalue weighted by atomic mass is 16.4. The van der Waals surface area contributed by atoms with Crippen molar-refractivity contribution in [3.05, 3.63) is 0 Å². The summed E-state index contributed by atoms with van der Waals surface area (Å²) < 4.78 is 0. The number of aliphatic carboxylic acids is 1. The quantitative estimate of drug-likeness (QED) is 0.680. The van der Waals surface area contributed by atoms with Gasteiger partial charge in [0, 0.05) is 6.54 Å². The smallest absolute Gasteiger partial charge is 0.326 e. The van der Waals surface area contributed by atoms with E-state index in [0.29, 0.717) is 24.8 Å². The SMILES string of the molecule is CCCC(NC(=O)NCC1CCCC1C)C(=O)O. The zero-order valence-electron chi connectivity index (χ0n) is 11.2. The first-order chi connectivity index (χ1) is 8.54. The first kappa shape index (κ1) is 14.8. The van der Waals surface area contributed by atoms with Gasteiger partial charge in [-0.2, -0.15) is 0 Å². The van der Waals surface area contributed by atoms with E-state index >= 15 is 0 Å². The first-order valence-electron chi connectivity index (χ1n) is 6.81. The van der Waals surface area contributed by atoms with Crippen molar-refractivity contribution in [2.45, 2.75) is 52.0 Å². The minimum absolute atomic E-state index is 0.366. The Morgan fingerprint density at radius 1 is 1.39 bits per heavy atom. The van der Waals surface area contributed by atoms with E-state index in [1.54, 1.807) is 0 Å². The highest BCUT2D eigenvalue weighted by molar-refractivity contribution is 5.82. The lowest BCUT2D eigenvalue weighted by atomic mass is 9.98. The molecule has 1 fully saturated rings. The van der Waals surface area contributed by atoms with Gasteiger partial charge >= 0.3 is 12.0 Å². The molecule has 3 atom stereocenters. The Balaban J connectivity index is 2.29. The predicted molar refractivity (Wildman–Crippen MR) is 69.4 cm³/mol. The van der Waals surface area contributed by atoms with Gasteiger partial charge in [-0.1, -0.05) is 33.1 Å². The Kier molecular flexibility index (Phi) is 5.95. The summed E-state index contributed by atoms with van der Waals surface area (Å²) in [5.41, 5.74) is 0. The Labute approximate surface area is 108 Å². The summed E-state index contributed by atoms with van der Waals surface area (Å²) >= 11 is 0. The van der Waals surface area contributed by atoms with Crippen molar-refractivity contribution in [2.75, 3.05) is 6.54 Å². The Hall–Kier alpha value is -1.26. The lowest BCUT2D eigenvalue weighted by Gasteiger charge is -2.18. The van der Waals surface area contributed by atoms with Crippen molar-refractivity contribution in [3.63, 3.8) is 0 Å². The average Bonchev–Trinajstić information content (AvgIpc) is 2.71. The van der Waals surface area contributed by atoms with Crippen LogP contribution in [0, 0.1) is 11.8 Å². The normalized spacial score (nSPS) is 24.6. The van der Waals surface area contributed by atoms with Gasteiger partial charge in [0.25, 0.3) is 0 Å². The van der Waals surface area contributed by atoms with Crippen LogP contribution in [0.1, 0.15) is 46.0 Å². The summed E-state index contributed by atoms with van der Waals surface area (Å²) in [6.45, 7) is 4.75. The fourth-order valence-electron chi connectivity index (χ4n) is 2.50. The topological polar surface area (TPSA) is 78.4 Å². The Morgan fingerprint density at radius 2 is 2.11 bits per heavy atom. The predicted octanol–water partition coefficient (Wildman–Crippen LogP) is 1.98. The van der Waals surface area contributed by atoms with Crippen molar-refractivity contribution in [2.24, 2.45) is 11.8 Å². The fourth-order valence-corrected chi connectivity index (χ4v) is 2.50. The molecule has 2 amide bonds. The van der Waals surface area contributed by atoms with Crippen LogP contribution >= 0.6 is 0 Å². The van der Waals surface area contributed by atoms with Crippen LogP contribution in [0.5, 0.6) is 0 Å². The third-order valence-electron chi connectivity index (χ3n) is 3.74. The van der Waals surface area contributed by atoms with E-state index in [4.69, 9.17) is 5.11 Å². The van der Waals surface area contributed by atoms with Crippen LogP contribution in [0.2, 0.25) is 0 Å². The average molecular weight is 256 g/mol. The number of rotatable bonds is 6. The summed E-state index contributed by atoms with van der Waals surface area (Å²) in [6, 6.07) is -1.15. The summed E-state index contributed by atoms with van der Waals surface area (Å²) in [5.74, 6) is 0.211. The van der Waals surface area contributed by atoms with Gasteiger partial charge in [0.1, 0.15) is 6.04 Å². The molecule has 3 N–H and O–H groups in total. The third kappa shape index (κ3) is 4.55. The molecule has 0 heterocycles. The number of carbonyl (C=O) groups excluding carboxylic acids is 1. The molecule has 1 rings (SSSR count). The van der Waals surface area contributed by atoms with Gasteiger partial charge in [-0.3, -0.25) is 0 Å². The minimum atomic E-state index is -0.971. The van der Waals surface area contributed by atoms with Crippen molar-refractivity contribution < 1.29 is 14.7 Å². The number of carboxylic acid groups (broad SMARTS) is 1. The number of carbonyl (C=O) groups is 2. The van der Waals surface area contributed by atoms with Gasteiger partial charge in [-0.05, 0) is 24.7 Å². The van der Waals surface area contributed by atoms with Gasteiger partial charge in [-0.25, -0.2) is 9.59 Å². The van der Waals surface area contributed by atoms with Crippen LogP contribution in [0.3, 0.4) is 0 Å². The maximum Gasteiger partial charge on any atom is 0.326 e. The van der Waals surface area contributed by atoms with E-state index in [1.165, 1.54) is 12.8 Å². The van der Waals surface area contributed by atoms with Crippen molar-refractivity contribution >= 4 is 12.0 Å². The zero-order valence-corrected chi connectivity index (χ0v) is 11.2. The molecule has 18 heavy (non-hydrogen) atoms. The molecular weight excluding hydrogens is 232 g/mol. The molecule has 1 aliphatic carbocycles. The summed E-state index contributed by atoms with van der Waals surface area (Å²) in [5, 5.41) is 14.2. The van der Waals surface area contributed by atoms with Gasteiger partial charge in [0.15, 0.2) is 0 Å². The van der Waals surface area contributed by atoms with Crippen LogP contribution in [-0.4, -0.2) is 29.7 Å². The van der Waals surface area contributed by atoms with Gasteiger partial charge < -0.3 is 15.7 Å². The highest BCUT2D eigenvalue weighted by Crippen LogP contribution is 2.30. The molecule has 5 heteroatoms. The Bertz CT molecular complexity index is 294. The lowest BCUT2D eigenvalue weighted by molar-refractivity contribution is -0.139. The number of carboxylic acids is 1. The maximum absolute atomic E-state index is 11.6. The lowest BCUT2D eigenvalue weighted by Crippen LogP contribution is -2.47. The summed E-state index contributed by atoms with van der Waals surface area (Å²) in [4.78, 5) is 22.5. The van der Waals surface area contributed by atoms with Crippen LogP contribution in [-0.2, 0) is 4.79 Å². The van der Waals surface area contributed by atoms with E-state index in [-0.39, 0.29) is 6.03 Å². The molecule has 3 unspecified atom stereocenters. The van der Waals surface area contributed by atoms with E-state index in [2.05, 4.69) is 17.6 Å². The number of amides is 2. The van der Waals surface area contributed by atoms with E-state index in [1.807, 2.05) is 6.92 Å². The molecule has 0 radical (unpaired) electrons. The highest BCUT2D eigenvalue weighted by Gasteiger charge is 2.24. The van der Waals surface area contributed by atoms with E-state index in [0.717, 1.165) is 12.8 Å². The van der Waals surface area contributed by atoms with Crippen molar-refractivity contribution in [1.82, 2.24) is 10.6 Å². The fraction of sp³-hybridized carbons (Fsp3) is 0.846. The number of nitrogens with one attached hydrogen (secondary N) is 2. The maximum atomic E-state index is 11.6. The number of hydrogen-bond donors (Lipinski definition) is 3. The second-order valence-corrected chi connectivity index (χ2v) is 5.20. The number of hydrogen-bond acceptors (Lipinski definition) is 2. The van der Waals surface area contributed by atoms with Crippen LogP contribution in [0.4, 0.5) is 4.79 Å². The Morgan fingerprint density at radius 3 is 2.61 bits per heavy atom. The first-order valence-corrected chi connectivity index (χ1v) is 6.81. The molecule has 5 nitrogen and oxygen atoms in total. The molecule has 0 aromatic heterocycles. The molecular formula is C13H24N2O3. The van der Waals surface area contributed by atoms with Crippen LogP contribution < -0.4 is 10.6 Å². The molecule has 0 spiro atoms. The molecule has 0 aromatic rings. The molecule has 0 aliphatic heterocycles. The second-order valence-electron chi connectivity index (χ2n) is 5.20. The standard InChI is InChI=1S/C13H24N2O3/c1-3-5-11(12(16)17)15-13(18)14-8-10-7-4-6-9(10)2/h9-11H,3-8H2,1-2H3,(H,16,17)(H2,14,15,18). The van der Waals surface area contributed by atoms with Gasteiger partial charge in [-0.15, -0.1) is 0 Å². The molecule has 104 valence electrons. The third-order valence-corrected chi connectivity index (χ3v) is 3.74. The molecule has 0 saturated heterocycles. The van der Waals surface area contributed by atoms with Gasteiger partial charge in [0.05, 0.1) is 0 Å². The van der Waals surface area contributed by atoms with Crippen molar-refractivity contribution in [3.8, 4) is 0 Å². The minimum Gasteiger partial charge on any atom is -0.480 e. The zero-order chi connectivity index (χ0) is 13.5. The number of urea groups is 1. The molecule has 1 saturated carbocycles. The van der Waals surface area contributed by atoms with E-state index in [9.17, 15) is 9.59 Å². The largest absolute Gasteiger partial charge is 0.480 e. The van der Waals surface area contributed by atoms with Crippen molar-refractivity contribution in [1.29, 1.82) is 0 Å². The van der Waals surface area contributed by atoms with Crippen LogP contribution in [0.25, 0.3) is 0 Å². The second kappa shape index (κ2) is 7.24. The monoisotopic (exact) mass is 256 g/mol. The summed E-state index contributed by atoms with van der Waals surface area (Å²) in [6.07, 6.45) is 4.79. The van der Waals surface area contributed by atoms with Crippen LogP contribution in [0.15, 0.2) is 0 Å².